The quantitative estimate of drug-likeness (QED) is 0.763. The lowest BCUT2D eigenvalue weighted by Gasteiger charge is -2.10. The molecule has 0 aliphatic heterocycles. The van der Waals surface area contributed by atoms with E-state index >= 15 is 0 Å². The maximum Gasteiger partial charge on any atom is 0.335 e. The number of aromatic carboxylic acids is 1. The van der Waals surface area contributed by atoms with Crippen LogP contribution in [0, 0.1) is 11.3 Å². The van der Waals surface area contributed by atoms with Crippen molar-refractivity contribution in [3.8, 4) is 17.6 Å². The van der Waals surface area contributed by atoms with Crippen LogP contribution in [0.1, 0.15) is 23.2 Å². The van der Waals surface area contributed by atoms with Crippen molar-refractivity contribution in [2.75, 3.05) is 13.7 Å². The van der Waals surface area contributed by atoms with Gasteiger partial charge in [0.25, 0.3) is 0 Å². The van der Waals surface area contributed by atoms with Gasteiger partial charge in [-0.15, -0.1) is 0 Å². The Hall–Kier alpha value is -2.22. The zero-order chi connectivity index (χ0) is 12.7. The number of carboxylic acids is 1. The summed E-state index contributed by atoms with van der Waals surface area (Å²) in [6, 6.07) is 6.42. The number of hydrogen-bond acceptors (Lipinski definition) is 4. The van der Waals surface area contributed by atoms with Gasteiger partial charge in [-0.05, 0) is 24.6 Å². The molecule has 0 spiro atoms. The van der Waals surface area contributed by atoms with Gasteiger partial charge in [-0.2, -0.15) is 5.26 Å². The molecule has 0 fully saturated rings. The lowest BCUT2D eigenvalue weighted by Crippen LogP contribution is -2.01. The third-order valence-corrected chi connectivity index (χ3v) is 2.10. The number of hydrogen-bond donors (Lipinski definition) is 1. The molecule has 0 saturated carbocycles. The Balaban J connectivity index is 2.72. The molecule has 0 saturated heterocycles. The van der Waals surface area contributed by atoms with Crippen LogP contribution in [0.2, 0.25) is 0 Å². The molecule has 90 valence electrons. The largest absolute Gasteiger partial charge is 0.493 e. The molecule has 1 aromatic carbocycles. The Morgan fingerprint density at radius 3 is 2.82 bits per heavy atom. The Labute approximate surface area is 99.2 Å². The Morgan fingerprint density at radius 1 is 1.47 bits per heavy atom. The normalized spacial score (nSPS) is 9.41. The van der Waals surface area contributed by atoms with Crippen LogP contribution in [0.5, 0.6) is 11.5 Å². The second-order valence-electron chi connectivity index (χ2n) is 3.28. The highest BCUT2D eigenvalue weighted by molar-refractivity contribution is 5.88. The van der Waals surface area contributed by atoms with E-state index in [1.165, 1.54) is 19.2 Å². The van der Waals surface area contributed by atoms with E-state index in [1.54, 1.807) is 6.07 Å². The average Bonchev–Trinajstić information content (AvgIpc) is 2.34. The Bertz CT molecular complexity index is 437. The monoisotopic (exact) mass is 235 g/mol. The van der Waals surface area contributed by atoms with Crippen LogP contribution < -0.4 is 9.47 Å². The van der Waals surface area contributed by atoms with E-state index in [1.807, 2.05) is 6.07 Å². The molecule has 0 atom stereocenters. The number of methoxy groups -OCH3 is 1. The summed E-state index contributed by atoms with van der Waals surface area (Å²) >= 11 is 0. The summed E-state index contributed by atoms with van der Waals surface area (Å²) in [6.07, 6.45) is 1.05. The number of nitriles is 1. The highest BCUT2D eigenvalue weighted by Gasteiger charge is 2.09. The third-order valence-electron chi connectivity index (χ3n) is 2.10. The number of ether oxygens (including phenoxy) is 2. The van der Waals surface area contributed by atoms with Crippen molar-refractivity contribution >= 4 is 5.97 Å². The molecule has 0 unspecified atom stereocenters. The van der Waals surface area contributed by atoms with E-state index in [4.69, 9.17) is 19.8 Å². The first-order valence-corrected chi connectivity index (χ1v) is 5.10. The first-order valence-electron chi connectivity index (χ1n) is 5.10. The van der Waals surface area contributed by atoms with E-state index in [9.17, 15) is 4.79 Å². The first kappa shape index (κ1) is 12.8. The Morgan fingerprint density at radius 2 is 2.24 bits per heavy atom. The molecule has 0 radical (unpaired) electrons. The molecule has 0 amide bonds. The summed E-state index contributed by atoms with van der Waals surface area (Å²) in [5, 5.41) is 17.2. The zero-order valence-corrected chi connectivity index (χ0v) is 9.47. The van der Waals surface area contributed by atoms with Crippen LogP contribution >= 0.6 is 0 Å². The van der Waals surface area contributed by atoms with Gasteiger partial charge in [0.05, 0.1) is 25.3 Å². The van der Waals surface area contributed by atoms with Crippen molar-refractivity contribution in [3.63, 3.8) is 0 Å². The van der Waals surface area contributed by atoms with Crippen molar-refractivity contribution < 1.29 is 19.4 Å². The van der Waals surface area contributed by atoms with Crippen LogP contribution in [0.15, 0.2) is 18.2 Å². The molecule has 1 N–H and O–H groups in total. The second-order valence-corrected chi connectivity index (χ2v) is 3.28. The number of rotatable bonds is 6. The molecule has 0 bridgehead atoms. The number of carbonyl (C=O) groups is 1. The van der Waals surface area contributed by atoms with E-state index in [0.717, 1.165) is 0 Å². The zero-order valence-electron chi connectivity index (χ0n) is 9.47. The number of benzene rings is 1. The maximum absolute atomic E-state index is 10.7. The summed E-state index contributed by atoms with van der Waals surface area (Å²) in [7, 11) is 1.45. The maximum atomic E-state index is 10.7. The lowest BCUT2D eigenvalue weighted by molar-refractivity contribution is 0.0696. The minimum absolute atomic E-state index is 0.145. The topological polar surface area (TPSA) is 79.6 Å². The molecular weight excluding hydrogens is 222 g/mol. The standard InChI is InChI=1S/C12H13NO4/c1-16-11-8-9(12(14)15)4-5-10(11)17-7-3-2-6-13/h4-5,8H,2-3,7H2,1H3,(H,14,15). The van der Waals surface area contributed by atoms with Crippen LogP contribution in [0.4, 0.5) is 0 Å². The molecule has 0 aliphatic carbocycles. The van der Waals surface area contributed by atoms with Gasteiger partial charge < -0.3 is 14.6 Å². The fourth-order valence-corrected chi connectivity index (χ4v) is 1.25. The summed E-state index contributed by atoms with van der Waals surface area (Å²) in [5.74, 6) is -0.156. The summed E-state index contributed by atoms with van der Waals surface area (Å²) in [6.45, 7) is 0.399. The van der Waals surface area contributed by atoms with E-state index in [0.29, 0.717) is 30.9 Å². The first-order chi connectivity index (χ1) is 8.19. The van der Waals surface area contributed by atoms with Crippen LogP contribution in [0.25, 0.3) is 0 Å². The van der Waals surface area contributed by atoms with Crippen LogP contribution in [0.3, 0.4) is 0 Å². The van der Waals surface area contributed by atoms with Crippen molar-refractivity contribution in [3.05, 3.63) is 23.8 Å². The average molecular weight is 235 g/mol. The van der Waals surface area contributed by atoms with Crippen molar-refractivity contribution in [1.29, 1.82) is 5.26 Å². The number of carboxylic acid groups (broad SMARTS) is 1. The third kappa shape index (κ3) is 3.68. The smallest absolute Gasteiger partial charge is 0.335 e. The molecule has 0 heterocycles. The minimum atomic E-state index is -1.01. The van der Waals surface area contributed by atoms with Gasteiger partial charge >= 0.3 is 5.97 Å². The predicted molar refractivity (Wildman–Crippen MR) is 60.3 cm³/mol. The summed E-state index contributed by atoms with van der Waals surface area (Å²) < 4.78 is 10.4. The van der Waals surface area contributed by atoms with Gasteiger partial charge in [-0.25, -0.2) is 4.79 Å². The van der Waals surface area contributed by atoms with Crippen molar-refractivity contribution in [1.82, 2.24) is 0 Å². The number of unbranched alkanes of at least 4 members (excludes halogenated alkanes) is 1. The van der Waals surface area contributed by atoms with E-state index in [2.05, 4.69) is 0 Å². The second kappa shape index (κ2) is 6.38. The lowest BCUT2D eigenvalue weighted by atomic mass is 10.2. The highest BCUT2D eigenvalue weighted by Crippen LogP contribution is 2.28. The molecular formula is C12H13NO4. The molecule has 5 nitrogen and oxygen atoms in total. The summed E-state index contributed by atoms with van der Waals surface area (Å²) in [5.41, 5.74) is 0.145. The van der Waals surface area contributed by atoms with Gasteiger partial charge in [0, 0.05) is 6.42 Å². The fraction of sp³-hybridized carbons (Fsp3) is 0.333. The Kier molecular flexibility index (Phi) is 4.82. The fourth-order valence-electron chi connectivity index (χ4n) is 1.25. The molecule has 0 aromatic heterocycles. The van der Waals surface area contributed by atoms with Crippen molar-refractivity contribution in [2.24, 2.45) is 0 Å². The number of nitrogens with zero attached hydrogens (tertiary/aromatic N) is 1. The molecule has 1 rings (SSSR count). The molecule has 0 aliphatic rings. The minimum Gasteiger partial charge on any atom is -0.493 e. The van der Waals surface area contributed by atoms with E-state index < -0.39 is 5.97 Å². The van der Waals surface area contributed by atoms with Gasteiger partial charge in [-0.3, -0.25) is 0 Å². The van der Waals surface area contributed by atoms with Crippen LogP contribution in [-0.4, -0.2) is 24.8 Å². The molecule has 5 heteroatoms. The molecule has 1 aromatic rings. The van der Waals surface area contributed by atoms with Gasteiger partial charge in [0.2, 0.25) is 0 Å². The van der Waals surface area contributed by atoms with Crippen molar-refractivity contribution in [2.45, 2.75) is 12.8 Å². The SMILES string of the molecule is COc1cc(C(=O)O)ccc1OCCCC#N. The van der Waals surface area contributed by atoms with Gasteiger partial charge in [0.15, 0.2) is 11.5 Å². The highest BCUT2D eigenvalue weighted by atomic mass is 16.5. The summed E-state index contributed by atoms with van der Waals surface area (Å²) in [4.78, 5) is 10.7. The van der Waals surface area contributed by atoms with Gasteiger partial charge in [0.1, 0.15) is 0 Å². The van der Waals surface area contributed by atoms with Crippen LogP contribution in [-0.2, 0) is 0 Å². The van der Waals surface area contributed by atoms with Gasteiger partial charge in [-0.1, -0.05) is 0 Å². The van der Waals surface area contributed by atoms with E-state index in [-0.39, 0.29) is 5.56 Å². The predicted octanol–water partition coefficient (Wildman–Crippen LogP) is 2.08. The molecule has 17 heavy (non-hydrogen) atoms.